The van der Waals surface area contributed by atoms with Crippen LogP contribution in [0.25, 0.3) is 0 Å². The number of aryl methyl sites for hydroxylation is 1. The molecule has 0 spiro atoms. The highest BCUT2D eigenvalue weighted by atomic mass is 35.6. The third-order valence-corrected chi connectivity index (χ3v) is 10.2. The molecule has 1 saturated heterocycles. The van der Waals surface area contributed by atoms with Crippen LogP contribution in [0.5, 0.6) is 23.0 Å². The molecule has 1 amide bonds. The van der Waals surface area contributed by atoms with Crippen molar-refractivity contribution in [2.45, 2.75) is 67.6 Å². The van der Waals surface area contributed by atoms with E-state index in [-0.39, 0.29) is 44.9 Å². The second kappa shape index (κ2) is 13.7. The Morgan fingerprint density at radius 3 is 2.56 bits per heavy atom. The van der Waals surface area contributed by atoms with E-state index >= 15 is 0 Å². The maximum atomic E-state index is 13.0. The fraction of sp³-hybridized carbons (Fsp3) is 0.529. The number of fused-ring (bicyclic) bond motifs is 9. The van der Waals surface area contributed by atoms with Gasteiger partial charge in [0.15, 0.2) is 18.3 Å². The lowest BCUT2D eigenvalue weighted by Crippen LogP contribution is -2.68. The number of amides is 1. The van der Waals surface area contributed by atoms with Crippen LogP contribution in [0.3, 0.4) is 0 Å². The molecule has 0 saturated carbocycles. The van der Waals surface area contributed by atoms with Gasteiger partial charge in [-0.25, -0.2) is 4.79 Å². The van der Waals surface area contributed by atoms with E-state index in [1.54, 1.807) is 13.2 Å². The molecular formula is C34H39Cl3N4O7. The molecule has 4 aliphatic rings. The number of carbonyl (C=O) groups excluding carboxylic acids is 1. The summed E-state index contributed by atoms with van der Waals surface area (Å²) in [5.74, 6) is 2.61. The fourth-order valence-corrected chi connectivity index (χ4v) is 8.06. The number of hydrogen-bond donors (Lipinski definition) is 1. The number of ether oxygens (including phenoxy) is 6. The maximum Gasteiger partial charge on any atom is 0.407 e. The fourth-order valence-electron chi connectivity index (χ4n) is 7.89. The maximum absolute atomic E-state index is 13.0. The van der Waals surface area contributed by atoms with E-state index < -0.39 is 28.6 Å². The molecule has 258 valence electrons. The largest absolute Gasteiger partial charge is 0.489 e. The first kappa shape index (κ1) is 34.7. The van der Waals surface area contributed by atoms with Gasteiger partial charge in [-0.3, -0.25) is 9.80 Å². The number of alkyl halides is 3. The van der Waals surface area contributed by atoms with Crippen molar-refractivity contribution >= 4 is 40.9 Å². The van der Waals surface area contributed by atoms with Crippen LogP contribution >= 0.6 is 34.8 Å². The Hall–Kier alpha value is -3.11. The molecule has 4 aliphatic heterocycles. The molecule has 0 aliphatic carbocycles. The van der Waals surface area contributed by atoms with E-state index in [4.69, 9.17) is 63.2 Å². The summed E-state index contributed by atoms with van der Waals surface area (Å²) in [5, 5.41) is 13.8. The molecule has 2 unspecified atom stereocenters. The van der Waals surface area contributed by atoms with Crippen molar-refractivity contribution in [2.75, 3.05) is 47.5 Å². The smallest absolute Gasteiger partial charge is 0.407 e. The summed E-state index contributed by atoms with van der Waals surface area (Å²) in [6, 6.07) is 3.18. The molecule has 0 aromatic heterocycles. The van der Waals surface area contributed by atoms with Crippen LogP contribution in [0, 0.1) is 32.1 Å². The van der Waals surface area contributed by atoms with Crippen LogP contribution in [0.15, 0.2) is 18.7 Å². The quantitative estimate of drug-likeness (QED) is 0.195. The van der Waals surface area contributed by atoms with Gasteiger partial charge in [0, 0.05) is 48.0 Å². The lowest BCUT2D eigenvalue weighted by atomic mass is 9.71. The number of methoxy groups -OCH3 is 1. The van der Waals surface area contributed by atoms with Crippen molar-refractivity contribution in [2.24, 2.45) is 0 Å². The van der Waals surface area contributed by atoms with Gasteiger partial charge in [0.2, 0.25) is 10.6 Å². The number of hydrogen-bond acceptors (Lipinski definition) is 10. The van der Waals surface area contributed by atoms with Gasteiger partial charge < -0.3 is 33.7 Å². The zero-order valence-electron chi connectivity index (χ0n) is 27.5. The average molecular weight is 722 g/mol. The minimum Gasteiger partial charge on any atom is -0.489 e. The van der Waals surface area contributed by atoms with Gasteiger partial charge >= 0.3 is 6.09 Å². The van der Waals surface area contributed by atoms with E-state index in [9.17, 15) is 10.1 Å². The Bertz CT molecular complexity index is 1660. The first-order valence-electron chi connectivity index (χ1n) is 15.7. The zero-order chi connectivity index (χ0) is 34.5. The molecule has 4 heterocycles. The molecule has 5 atom stereocenters. The summed E-state index contributed by atoms with van der Waals surface area (Å²) in [6.07, 6.45) is 2.08. The number of nitriles is 1. The molecular weight excluding hydrogens is 683 g/mol. The lowest BCUT2D eigenvalue weighted by Gasteiger charge is -2.60. The van der Waals surface area contributed by atoms with Crippen LogP contribution in [-0.2, 0) is 22.3 Å². The first-order valence-corrected chi connectivity index (χ1v) is 16.8. The monoisotopic (exact) mass is 720 g/mol. The van der Waals surface area contributed by atoms with Crippen molar-refractivity contribution in [3.05, 3.63) is 57.7 Å². The number of piperazine rings is 1. The standard InChI is InChI=1S/C34H39Cl3N4O7/c1-7-8-44-29-19(4)31-32(48-16-47-31)27-21(29)11-23-28-26-20(9-17(2)18(3)30(26)46-15-43-6)10-22(40(28)5)24(12-38)41(23)25(27)13-39-33(42)45-14-34(35,36)37/h7,9,22-25,28H,1,8,10-11,13-16H2,2-6H3,(H,39,42)/t22-,23?,24-,25-,28?/m0/s1. The number of carbonyl (C=O) groups is 1. The molecule has 14 heteroatoms. The van der Waals surface area contributed by atoms with E-state index in [0.717, 1.165) is 44.7 Å². The number of rotatable bonds is 9. The number of nitrogens with one attached hydrogen (secondary N) is 1. The summed E-state index contributed by atoms with van der Waals surface area (Å²) in [5.41, 5.74) is 6.89. The van der Waals surface area contributed by atoms with Crippen LogP contribution in [-0.4, -0.2) is 85.3 Å². The van der Waals surface area contributed by atoms with Gasteiger partial charge in [-0.2, -0.15) is 5.26 Å². The molecule has 6 rings (SSSR count). The highest BCUT2D eigenvalue weighted by molar-refractivity contribution is 6.67. The molecule has 2 aromatic rings. The zero-order valence-corrected chi connectivity index (χ0v) is 29.8. The molecule has 11 nitrogen and oxygen atoms in total. The van der Waals surface area contributed by atoms with Crippen molar-refractivity contribution in [1.29, 1.82) is 5.26 Å². The Morgan fingerprint density at radius 1 is 1.12 bits per heavy atom. The summed E-state index contributed by atoms with van der Waals surface area (Å²) in [6.45, 7) is 9.97. The number of likely N-dealkylation sites (N-methyl/N-ethyl adjacent to an activating group) is 1. The van der Waals surface area contributed by atoms with Gasteiger partial charge in [0.05, 0.1) is 18.2 Å². The predicted octanol–water partition coefficient (Wildman–Crippen LogP) is 5.76. The highest BCUT2D eigenvalue weighted by Gasteiger charge is 2.56. The summed E-state index contributed by atoms with van der Waals surface area (Å²) in [4.78, 5) is 17.5. The topological polar surface area (TPSA) is 115 Å². The molecule has 2 bridgehead atoms. The number of benzene rings is 2. The van der Waals surface area contributed by atoms with Crippen molar-refractivity contribution in [3.63, 3.8) is 0 Å². The molecule has 0 radical (unpaired) electrons. The van der Waals surface area contributed by atoms with Crippen molar-refractivity contribution in [1.82, 2.24) is 15.1 Å². The van der Waals surface area contributed by atoms with Crippen LogP contribution in [0.2, 0.25) is 0 Å². The van der Waals surface area contributed by atoms with E-state index in [1.165, 1.54) is 0 Å². The second-order valence-corrected chi connectivity index (χ2v) is 15.1. The normalized spacial score (nSPS) is 24.1. The summed E-state index contributed by atoms with van der Waals surface area (Å²) < 4.78 is 33.6. The minimum absolute atomic E-state index is 0.0320. The second-order valence-electron chi connectivity index (χ2n) is 12.5. The van der Waals surface area contributed by atoms with Crippen LogP contribution in [0.4, 0.5) is 4.79 Å². The third kappa shape index (κ3) is 6.01. The lowest BCUT2D eigenvalue weighted by molar-refractivity contribution is -0.0731. The number of alkyl carbamates (subject to hydrolysis) is 1. The van der Waals surface area contributed by atoms with Crippen LogP contribution in [0.1, 0.15) is 51.0 Å². The molecule has 2 aromatic carbocycles. The van der Waals surface area contributed by atoms with Crippen molar-refractivity contribution < 1.29 is 33.2 Å². The Labute approximate surface area is 295 Å². The van der Waals surface area contributed by atoms with E-state index in [0.29, 0.717) is 30.1 Å². The SMILES string of the molecule is C=CCOc1c(C)c2c(c3c1CC1C4c5c(cc(C)c(C)c5OCOC)C[C@@H]([C@H](C#N)N1[C@H]3CNC(=O)OCC(Cl)(Cl)Cl)N4C)OCO2. The minimum atomic E-state index is -1.77. The van der Waals surface area contributed by atoms with Crippen LogP contribution < -0.4 is 24.3 Å². The predicted molar refractivity (Wildman–Crippen MR) is 181 cm³/mol. The van der Waals surface area contributed by atoms with Gasteiger partial charge in [0.1, 0.15) is 30.8 Å². The Balaban J connectivity index is 1.54. The molecule has 1 fully saturated rings. The molecule has 1 N–H and O–H groups in total. The average Bonchev–Trinajstić information content (AvgIpc) is 3.53. The molecule has 48 heavy (non-hydrogen) atoms. The first-order chi connectivity index (χ1) is 22.9. The number of nitrogens with zero attached hydrogens (tertiary/aromatic N) is 3. The van der Waals surface area contributed by atoms with E-state index in [2.05, 4.69) is 54.7 Å². The summed E-state index contributed by atoms with van der Waals surface area (Å²) >= 11 is 17.5. The third-order valence-electron chi connectivity index (χ3n) is 9.88. The van der Waals surface area contributed by atoms with Gasteiger partial charge in [-0.05, 0) is 57.4 Å². The Morgan fingerprint density at radius 2 is 1.88 bits per heavy atom. The highest BCUT2D eigenvalue weighted by Crippen LogP contribution is 2.58. The van der Waals surface area contributed by atoms with Crippen molar-refractivity contribution in [3.8, 4) is 29.1 Å². The van der Waals surface area contributed by atoms with Gasteiger partial charge in [0.25, 0.3) is 0 Å². The summed E-state index contributed by atoms with van der Waals surface area (Å²) in [7, 11) is 3.68. The van der Waals surface area contributed by atoms with E-state index in [1.807, 2.05) is 6.92 Å². The Kier molecular flexibility index (Phi) is 9.88. The van der Waals surface area contributed by atoms with Gasteiger partial charge in [-0.15, -0.1) is 0 Å². The van der Waals surface area contributed by atoms with Gasteiger partial charge in [-0.1, -0.05) is 53.5 Å². The number of halogens is 3.